The fraction of sp³-hybridized carbons (Fsp3) is 0.467. The summed E-state index contributed by atoms with van der Waals surface area (Å²) in [6, 6.07) is 2.01. The molecule has 0 fully saturated rings. The molecule has 124 valence electrons. The van der Waals surface area contributed by atoms with E-state index in [-0.39, 0.29) is 22.8 Å². The first-order chi connectivity index (χ1) is 10.8. The van der Waals surface area contributed by atoms with E-state index >= 15 is 0 Å². The number of halogens is 1. The van der Waals surface area contributed by atoms with Crippen LogP contribution in [-0.2, 0) is 0 Å². The van der Waals surface area contributed by atoms with Crippen LogP contribution in [0.15, 0.2) is 6.07 Å². The summed E-state index contributed by atoms with van der Waals surface area (Å²) in [5.41, 5.74) is 2.45. The number of aryl methyl sites for hydroxylation is 1. The van der Waals surface area contributed by atoms with E-state index in [2.05, 4.69) is 34.2 Å². The van der Waals surface area contributed by atoms with Crippen LogP contribution in [0.3, 0.4) is 0 Å². The largest absolute Gasteiger partial charge is 0.361 e. The first-order valence-electron chi connectivity index (χ1n) is 7.30. The molecule has 2 heterocycles. The van der Waals surface area contributed by atoms with E-state index in [1.807, 2.05) is 27.1 Å². The Morgan fingerprint density at radius 2 is 2.00 bits per heavy atom. The van der Waals surface area contributed by atoms with Crippen LogP contribution in [0, 0.1) is 6.92 Å². The van der Waals surface area contributed by atoms with Gasteiger partial charge in [-0.2, -0.15) is 5.10 Å². The summed E-state index contributed by atoms with van der Waals surface area (Å²) >= 11 is 6.38. The smallest absolute Gasteiger partial charge is 0.288 e. The zero-order valence-corrected chi connectivity index (χ0v) is 14.9. The number of hydrogen-bond donors (Lipinski definition) is 1. The van der Waals surface area contributed by atoms with Crippen LogP contribution < -0.4 is 10.2 Å². The highest BCUT2D eigenvalue weighted by atomic mass is 35.5. The Morgan fingerprint density at radius 1 is 1.35 bits per heavy atom. The summed E-state index contributed by atoms with van der Waals surface area (Å²) in [5, 5.41) is 7.22. The third-order valence-electron chi connectivity index (χ3n) is 3.34. The van der Waals surface area contributed by atoms with E-state index in [0.29, 0.717) is 11.5 Å². The Morgan fingerprint density at radius 3 is 2.52 bits per heavy atom. The lowest BCUT2D eigenvalue weighted by atomic mass is 10.1. The molecule has 0 aliphatic heterocycles. The van der Waals surface area contributed by atoms with Crippen LogP contribution >= 0.6 is 11.6 Å². The van der Waals surface area contributed by atoms with Crippen LogP contribution in [0.25, 0.3) is 5.69 Å². The van der Waals surface area contributed by atoms with Crippen LogP contribution in [0.4, 0.5) is 5.82 Å². The van der Waals surface area contributed by atoms with Gasteiger partial charge in [0, 0.05) is 26.8 Å². The van der Waals surface area contributed by atoms with E-state index < -0.39 is 0 Å². The highest BCUT2D eigenvalue weighted by molar-refractivity contribution is 6.31. The van der Waals surface area contributed by atoms with Gasteiger partial charge in [0.15, 0.2) is 11.0 Å². The Labute approximate surface area is 140 Å². The minimum Gasteiger partial charge on any atom is -0.361 e. The van der Waals surface area contributed by atoms with Crippen molar-refractivity contribution in [3.05, 3.63) is 28.4 Å². The predicted octanol–water partition coefficient (Wildman–Crippen LogP) is 2.17. The summed E-state index contributed by atoms with van der Waals surface area (Å²) in [6.07, 6.45) is 0. The average molecular weight is 337 g/mol. The topological polar surface area (TPSA) is 75.9 Å². The normalized spacial score (nSPS) is 11.0. The van der Waals surface area contributed by atoms with Gasteiger partial charge in [-0.05, 0) is 18.9 Å². The maximum Gasteiger partial charge on any atom is 0.288 e. The van der Waals surface area contributed by atoms with Crippen molar-refractivity contribution in [1.29, 1.82) is 0 Å². The van der Waals surface area contributed by atoms with Crippen molar-refractivity contribution in [3.63, 3.8) is 0 Å². The van der Waals surface area contributed by atoms with Crippen LogP contribution in [0.2, 0.25) is 5.15 Å². The summed E-state index contributed by atoms with van der Waals surface area (Å²) in [6.45, 7) is 6.08. The van der Waals surface area contributed by atoms with Crippen molar-refractivity contribution in [2.75, 3.05) is 26.0 Å². The number of carbonyl (C=O) groups excluding carboxylic acids is 1. The SMILES string of the molecule is CNC(=O)c1nc(Cl)c(-n2nc(C)cc2C(C)C)c(N(C)C)n1. The van der Waals surface area contributed by atoms with E-state index in [1.54, 1.807) is 9.58 Å². The molecule has 1 N–H and O–H groups in total. The average Bonchev–Trinajstić information content (AvgIpc) is 2.87. The molecule has 0 spiro atoms. The monoisotopic (exact) mass is 336 g/mol. The fourth-order valence-electron chi connectivity index (χ4n) is 2.23. The number of carbonyl (C=O) groups is 1. The Balaban J connectivity index is 2.74. The third-order valence-corrected chi connectivity index (χ3v) is 3.60. The van der Waals surface area contributed by atoms with E-state index in [1.165, 1.54) is 7.05 Å². The van der Waals surface area contributed by atoms with Gasteiger partial charge in [-0.1, -0.05) is 25.4 Å². The molecular weight excluding hydrogens is 316 g/mol. The van der Waals surface area contributed by atoms with Crippen LogP contribution in [0.5, 0.6) is 0 Å². The van der Waals surface area contributed by atoms with Gasteiger partial charge in [0.2, 0.25) is 5.82 Å². The molecule has 2 aromatic heterocycles. The zero-order valence-electron chi connectivity index (χ0n) is 14.2. The molecule has 0 unspecified atom stereocenters. The van der Waals surface area contributed by atoms with Gasteiger partial charge < -0.3 is 10.2 Å². The lowest BCUT2D eigenvalue weighted by Gasteiger charge is -2.19. The molecule has 0 aromatic carbocycles. The van der Waals surface area contributed by atoms with Crippen LogP contribution in [-0.4, -0.2) is 46.8 Å². The number of amides is 1. The number of rotatable bonds is 4. The second-order valence-electron chi connectivity index (χ2n) is 5.76. The third kappa shape index (κ3) is 3.29. The van der Waals surface area contributed by atoms with Gasteiger partial charge in [-0.3, -0.25) is 4.79 Å². The number of hydrogen-bond acceptors (Lipinski definition) is 5. The molecule has 1 amide bonds. The summed E-state index contributed by atoms with van der Waals surface area (Å²) in [5.74, 6) is 0.427. The summed E-state index contributed by atoms with van der Waals surface area (Å²) in [4.78, 5) is 22.1. The molecule has 2 aromatic rings. The maximum absolute atomic E-state index is 11.8. The molecule has 0 saturated heterocycles. The second kappa shape index (κ2) is 6.54. The predicted molar refractivity (Wildman–Crippen MR) is 90.7 cm³/mol. The number of aromatic nitrogens is 4. The molecule has 0 aliphatic carbocycles. The van der Waals surface area contributed by atoms with Gasteiger partial charge in [-0.25, -0.2) is 14.6 Å². The molecule has 0 atom stereocenters. The second-order valence-corrected chi connectivity index (χ2v) is 6.12. The quantitative estimate of drug-likeness (QED) is 0.866. The zero-order chi connectivity index (χ0) is 17.3. The highest BCUT2D eigenvalue weighted by Crippen LogP contribution is 2.30. The number of nitrogens with one attached hydrogen (secondary N) is 1. The summed E-state index contributed by atoms with van der Waals surface area (Å²) < 4.78 is 1.76. The van der Waals surface area contributed by atoms with Crippen molar-refractivity contribution >= 4 is 23.3 Å². The molecule has 23 heavy (non-hydrogen) atoms. The summed E-state index contributed by atoms with van der Waals surface area (Å²) in [7, 11) is 5.19. The molecule has 8 heteroatoms. The molecule has 7 nitrogen and oxygen atoms in total. The molecule has 2 rings (SSSR count). The minimum absolute atomic E-state index is 0.0277. The molecule has 0 bridgehead atoms. The molecule has 0 aliphatic rings. The lowest BCUT2D eigenvalue weighted by molar-refractivity contribution is 0.0953. The van der Waals surface area contributed by atoms with Crippen molar-refractivity contribution < 1.29 is 4.79 Å². The maximum atomic E-state index is 11.8. The van der Waals surface area contributed by atoms with Gasteiger partial charge in [-0.15, -0.1) is 0 Å². The van der Waals surface area contributed by atoms with Crippen molar-refractivity contribution in [2.45, 2.75) is 26.7 Å². The van der Waals surface area contributed by atoms with Crippen LogP contribution in [0.1, 0.15) is 41.8 Å². The van der Waals surface area contributed by atoms with Gasteiger partial charge in [0.1, 0.15) is 5.69 Å². The van der Waals surface area contributed by atoms with Crippen molar-refractivity contribution in [2.24, 2.45) is 0 Å². The van der Waals surface area contributed by atoms with Crippen molar-refractivity contribution in [1.82, 2.24) is 25.1 Å². The molecule has 0 radical (unpaired) electrons. The number of nitrogens with zero attached hydrogens (tertiary/aromatic N) is 5. The molecule has 0 saturated carbocycles. The fourth-order valence-corrected chi connectivity index (χ4v) is 2.48. The standard InChI is InChI=1S/C15H21ClN6O/c1-8(2)10-7-9(3)20-22(10)11-12(16)18-13(15(23)17-4)19-14(11)21(5)6/h7-8H,1-6H3,(H,17,23). The Bertz CT molecular complexity index is 738. The highest BCUT2D eigenvalue weighted by Gasteiger charge is 2.23. The first kappa shape index (κ1) is 17.2. The van der Waals surface area contributed by atoms with Crippen molar-refractivity contribution in [3.8, 4) is 5.69 Å². The minimum atomic E-state index is -0.387. The first-order valence-corrected chi connectivity index (χ1v) is 7.68. The molecular formula is C15H21ClN6O. The van der Waals surface area contributed by atoms with E-state index in [0.717, 1.165) is 11.4 Å². The lowest BCUT2D eigenvalue weighted by Crippen LogP contribution is -2.24. The van der Waals surface area contributed by atoms with Gasteiger partial charge in [0.25, 0.3) is 5.91 Å². The van der Waals surface area contributed by atoms with E-state index in [9.17, 15) is 4.79 Å². The van der Waals surface area contributed by atoms with Gasteiger partial charge in [0.05, 0.1) is 5.69 Å². The Kier molecular flexibility index (Phi) is 4.89. The van der Waals surface area contributed by atoms with E-state index in [4.69, 9.17) is 11.6 Å². The Hall–Kier alpha value is -2.15. The number of anilines is 1. The van der Waals surface area contributed by atoms with Gasteiger partial charge >= 0.3 is 0 Å².